The van der Waals surface area contributed by atoms with Gasteiger partial charge in [-0.3, -0.25) is 24.5 Å². The second-order valence-corrected chi connectivity index (χ2v) is 10.9. The average molecular weight is 615 g/mol. The molecule has 4 aromatic rings. The number of nitrogens with one attached hydrogen (secondary N) is 3. The highest BCUT2D eigenvalue weighted by Crippen LogP contribution is 2.29. The molecule has 0 spiro atoms. The summed E-state index contributed by atoms with van der Waals surface area (Å²) in [4.78, 5) is 50.4. The van der Waals surface area contributed by atoms with E-state index in [9.17, 15) is 24.5 Å². The van der Waals surface area contributed by atoms with Crippen LogP contribution in [0.5, 0.6) is 0 Å². The molecule has 0 saturated carbocycles. The number of hydrogen-bond acceptors (Lipinski definition) is 6. The smallest absolute Gasteiger partial charge is 0.272 e. The first-order chi connectivity index (χ1) is 20.7. The van der Waals surface area contributed by atoms with Gasteiger partial charge < -0.3 is 16.0 Å². The van der Waals surface area contributed by atoms with Gasteiger partial charge >= 0.3 is 0 Å². The van der Waals surface area contributed by atoms with E-state index in [0.29, 0.717) is 33.9 Å². The van der Waals surface area contributed by atoms with Gasteiger partial charge in [-0.25, -0.2) is 0 Å². The van der Waals surface area contributed by atoms with Crippen molar-refractivity contribution in [2.45, 2.75) is 23.5 Å². The lowest BCUT2D eigenvalue weighted by Crippen LogP contribution is -2.30. The van der Waals surface area contributed by atoms with Crippen LogP contribution in [0.15, 0.2) is 114 Å². The normalized spacial score (nSPS) is 11.7. The van der Waals surface area contributed by atoms with E-state index in [2.05, 4.69) is 16.0 Å². The molecule has 0 aliphatic rings. The minimum absolute atomic E-state index is 0.00563. The van der Waals surface area contributed by atoms with Gasteiger partial charge in [0, 0.05) is 39.0 Å². The molecule has 3 N–H and O–H groups in total. The Kier molecular flexibility index (Phi) is 10.7. The molecule has 0 aromatic heterocycles. The van der Waals surface area contributed by atoms with Crippen molar-refractivity contribution in [3.05, 3.63) is 135 Å². The molecule has 0 fully saturated rings. The number of thioether (sulfide) groups is 1. The number of nitro benzene ring substituents is 1. The van der Waals surface area contributed by atoms with E-state index in [1.54, 1.807) is 72.8 Å². The first kappa shape index (κ1) is 31.0. The molecule has 4 aromatic carbocycles. The van der Waals surface area contributed by atoms with Gasteiger partial charge in [-0.15, -0.1) is 11.8 Å². The van der Waals surface area contributed by atoms with E-state index in [1.165, 1.54) is 42.1 Å². The SMILES string of the molecule is CCC(Sc1cccc(NC(=O)/C(=C\c2ccccc2Cl)NC(=O)c2ccccc2)c1)C(=O)Nc1ccc([N+](=O)[O-])cc1. The highest BCUT2D eigenvalue weighted by atomic mass is 35.5. The summed E-state index contributed by atoms with van der Waals surface area (Å²) < 4.78 is 0. The number of rotatable bonds is 11. The first-order valence-electron chi connectivity index (χ1n) is 13.2. The molecule has 1 unspecified atom stereocenters. The minimum Gasteiger partial charge on any atom is -0.325 e. The van der Waals surface area contributed by atoms with Gasteiger partial charge in [0.15, 0.2) is 0 Å². The van der Waals surface area contributed by atoms with Crippen LogP contribution >= 0.6 is 23.4 Å². The summed E-state index contributed by atoms with van der Waals surface area (Å²) >= 11 is 7.63. The lowest BCUT2D eigenvalue weighted by Gasteiger charge is -2.16. The Labute approximate surface area is 257 Å². The molecule has 0 bridgehead atoms. The number of nitrogens with zero attached hydrogens (tertiary/aromatic N) is 1. The topological polar surface area (TPSA) is 130 Å². The fraction of sp³-hybridized carbons (Fsp3) is 0.0938. The Morgan fingerprint density at radius 1 is 0.884 bits per heavy atom. The number of benzene rings is 4. The molecule has 0 aliphatic carbocycles. The van der Waals surface area contributed by atoms with E-state index in [0.717, 1.165) is 4.90 Å². The maximum Gasteiger partial charge on any atom is 0.272 e. The molecule has 0 saturated heterocycles. The second kappa shape index (κ2) is 14.8. The van der Waals surface area contributed by atoms with Crippen LogP contribution in [-0.2, 0) is 9.59 Å². The zero-order chi connectivity index (χ0) is 30.8. The number of hydrogen-bond donors (Lipinski definition) is 3. The molecule has 43 heavy (non-hydrogen) atoms. The van der Waals surface area contributed by atoms with Crippen LogP contribution in [0, 0.1) is 10.1 Å². The van der Waals surface area contributed by atoms with E-state index >= 15 is 0 Å². The van der Waals surface area contributed by atoms with Crippen LogP contribution in [0.3, 0.4) is 0 Å². The summed E-state index contributed by atoms with van der Waals surface area (Å²) in [6.07, 6.45) is 2.02. The molecule has 11 heteroatoms. The molecule has 218 valence electrons. The molecule has 1 atom stereocenters. The summed E-state index contributed by atoms with van der Waals surface area (Å²) in [5.41, 5.74) is 1.77. The van der Waals surface area contributed by atoms with Gasteiger partial charge in [0.05, 0.1) is 10.2 Å². The van der Waals surface area contributed by atoms with E-state index in [1.807, 2.05) is 13.0 Å². The largest absolute Gasteiger partial charge is 0.325 e. The van der Waals surface area contributed by atoms with Gasteiger partial charge in [-0.05, 0) is 66.6 Å². The summed E-state index contributed by atoms with van der Waals surface area (Å²) in [6, 6.07) is 28.1. The Hall–Kier alpha value is -4.93. The van der Waals surface area contributed by atoms with Crippen molar-refractivity contribution in [1.82, 2.24) is 5.32 Å². The number of carbonyl (C=O) groups is 3. The maximum atomic E-state index is 13.4. The first-order valence-corrected chi connectivity index (χ1v) is 14.4. The van der Waals surface area contributed by atoms with E-state index < -0.39 is 22.0 Å². The van der Waals surface area contributed by atoms with Gasteiger partial charge in [0.25, 0.3) is 17.5 Å². The molecular formula is C32H27ClN4O5S. The van der Waals surface area contributed by atoms with Crippen LogP contribution < -0.4 is 16.0 Å². The van der Waals surface area contributed by atoms with E-state index in [4.69, 9.17) is 11.6 Å². The standard InChI is InChI=1S/C32H27ClN4O5S/c1-2-29(32(40)34-23-15-17-25(18-16-23)37(41)42)43-26-13-8-12-24(20-26)35-31(39)28(19-22-11-6-7-14-27(22)33)36-30(38)21-9-4-3-5-10-21/h3-20,29H,2H2,1H3,(H,34,40)(H,35,39)(H,36,38)/b28-19+. The van der Waals surface area contributed by atoms with Crippen LogP contribution in [0.4, 0.5) is 17.1 Å². The molecule has 0 heterocycles. The summed E-state index contributed by atoms with van der Waals surface area (Å²) in [5, 5.41) is 19.1. The zero-order valence-electron chi connectivity index (χ0n) is 23.0. The van der Waals surface area contributed by atoms with Crippen LogP contribution in [-0.4, -0.2) is 27.9 Å². The number of nitro groups is 1. The molecule has 4 rings (SSSR count). The lowest BCUT2D eigenvalue weighted by molar-refractivity contribution is -0.384. The summed E-state index contributed by atoms with van der Waals surface area (Å²) in [6.45, 7) is 1.87. The second-order valence-electron chi connectivity index (χ2n) is 9.19. The van der Waals surface area contributed by atoms with Crippen molar-refractivity contribution in [1.29, 1.82) is 0 Å². The third-order valence-corrected chi connectivity index (χ3v) is 7.82. The number of non-ortho nitro benzene ring substituents is 1. The lowest BCUT2D eigenvalue weighted by atomic mass is 10.1. The van der Waals surface area contributed by atoms with Crippen molar-refractivity contribution in [3.63, 3.8) is 0 Å². The van der Waals surface area contributed by atoms with Gasteiger partial charge in [-0.2, -0.15) is 0 Å². The monoisotopic (exact) mass is 614 g/mol. The van der Waals surface area contributed by atoms with Gasteiger partial charge in [0.2, 0.25) is 5.91 Å². The average Bonchev–Trinajstić information content (AvgIpc) is 3.01. The fourth-order valence-electron chi connectivity index (χ4n) is 3.91. The molecule has 0 aliphatic heterocycles. The zero-order valence-corrected chi connectivity index (χ0v) is 24.5. The highest BCUT2D eigenvalue weighted by molar-refractivity contribution is 8.00. The summed E-state index contributed by atoms with van der Waals surface area (Å²) in [5.74, 6) is -1.28. The predicted molar refractivity (Wildman–Crippen MR) is 170 cm³/mol. The van der Waals surface area contributed by atoms with Crippen molar-refractivity contribution >= 4 is 64.2 Å². The number of amides is 3. The van der Waals surface area contributed by atoms with E-state index in [-0.39, 0.29) is 17.3 Å². The van der Waals surface area contributed by atoms with Crippen molar-refractivity contribution in [3.8, 4) is 0 Å². The minimum atomic E-state index is -0.561. The third kappa shape index (κ3) is 8.78. The number of anilines is 2. The molecular weight excluding hydrogens is 588 g/mol. The summed E-state index contributed by atoms with van der Waals surface area (Å²) in [7, 11) is 0. The number of halogens is 1. The quantitative estimate of drug-likeness (QED) is 0.0711. The maximum absolute atomic E-state index is 13.4. The fourth-order valence-corrected chi connectivity index (χ4v) is 5.11. The van der Waals surface area contributed by atoms with Gasteiger partial charge in [0.1, 0.15) is 5.70 Å². The van der Waals surface area contributed by atoms with Crippen molar-refractivity contribution in [2.75, 3.05) is 10.6 Å². The van der Waals surface area contributed by atoms with Crippen LogP contribution in [0.2, 0.25) is 5.02 Å². The highest BCUT2D eigenvalue weighted by Gasteiger charge is 2.20. The Bertz CT molecular complexity index is 1660. The molecule has 0 radical (unpaired) electrons. The van der Waals surface area contributed by atoms with Crippen molar-refractivity contribution < 1.29 is 19.3 Å². The van der Waals surface area contributed by atoms with Crippen molar-refractivity contribution in [2.24, 2.45) is 0 Å². The van der Waals surface area contributed by atoms with Gasteiger partial charge in [-0.1, -0.05) is 61.0 Å². The predicted octanol–water partition coefficient (Wildman–Crippen LogP) is 7.17. The Morgan fingerprint density at radius 2 is 1.58 bits per heavy atom. The Morgan fingerprint density at radius 3 is 2.26 bits per heavy atom. The van der Waals surface area contributed by atoms with Crippen LogP contribution in [0.25, 0.3) is 6.08 Å². The molecule has 9 nitrogen and oxygen atoms in total. The molecule has 3 amide bonds. The number of carbonyl (C=O) groups excluding carboxylic acids is 3. The third-order valence-electron chi connectivity index (χ3n) is 6.11. The van der Waals surface area contributed by atoms with Crippen LogP contribution in [0.1, 0.15) is 29.3 Å². The Balaban J connectivity index is 1.49.